The summed E-state index contributed by atoms with van der Waals surface area (Å²) < 4.78 is 0. The number of carbonyl (C=O) groups is 1. The Labute approximate surface area is 59.1 Å². The fourth-order valence-electron chi connectivity index (χ4n) is 0.934. The number of hydroxylamine groups is 1. The van der Waals surface area contributed by atoms with Crippen molar-refractivity contribution in [3.8, 4) is 0 Å². The fourth-order valence-corrected chi connectivity index (χ4v) is 0.934. The molecule has 4 heteroatoms. The summed E-state index contributed by atoms with van der Waals surface area (Å²) >= 11 is 0. The highest BCUT2D eigenvalue weighted by Crippen LogP contribution is 2.12. The average Bonchev–Trinajstić information content (AvgIpc) is 2.34. The zero-order chi connectivity index (χ0) is 7.56. The molecule has 0 aromatic carbocycles. The summed E-state index contributed by atoms with van der Waals surface area (Å²) in [7, 11) is 0. The summed E-state index contributed by atoms with van der Waals surface area (Å²) in [5.74, 6) is -0.886. The molecule has 10 heavy (non-hydrogen) atoms. The molecule has 2 atom stereocenters. The molecule has 0 spiro atoms. The summed E-state index contributed by atoms with van der Waals surface area (Å²) in [4.78, 5) is 15.1. The first-order valence-corrected chi connectivity index (χ1v) is 3.38. The van der Waals surface area contributed by atoms with E-state index < -0.39 is 12.1 Å². The van der Waals surface area contributed by atoms with Gasteiger partial charge in [-0.2, -0.15) is 5.48 Å². The lowest BCUT2D eigenvalue weighted by Gasteiger charge is -1.99. The maximum atomic E-state index is 10.3. The average molecular weight is 145 g/mol. The second kappa shape index (κ2) is 2.98. The van der Waals surface area contributed by atoms with Gasteiger partial charge in [-0.15, -0.1) is 0 Å². The molecule has 0 aliphatic carbocycles. The molecule has 0 amide bonds. The highest BCUT2D eigenvalue weighted by molar-refractivity contribution is 5.72. The van der Waals surface area contributed by atoms with E-state index in [-0.39, 0.29) is 6.04 Å². The Bertz CT molecular complexity index is 137. The van der Waals surface area contributed by atoms with Crippen molar-refractivity contribution < 1.29 is 14.7 Å². The zero-order valence-electron chi connectivity index (χ0n) is 5.83. The largest absolute Gasteiger partial charge is 0.479 e. The van der Waals surface area contributed by atoms with E-state index in [0.717, 1.165) is 6.42 Å². The maximum absolute atomic E-state index is 10.3. The summed E-state index contributed by atoms with van der Waals surface area (Å²) in [6.07, 6.45) is 0.834. The van der Waals surface area contributed by atoms with E-state index in [4.69, 9.17) is 9.94 Å². The van der Waals surface area contributed by atoms with Gasteiger partial charge in [0, 0.05) is 12.5 Å². The van der Waals surface area contributed by atoms with Crippen LogP contribution < -0.4 is 5.48 Å². The van der Waals surface area contributed by atoms with Crippen LogP contribution in [0.25, 0.3) is 0 Å². The minimum Gasteiger partial charge on any atom is -0.479 e. The number of aliphatic carboxylic acids is 1. The number of carboxylic acid groups (broad SMARTS) is 1. The Morgan fingerprint density at radius 2 is 2.60 bits per heavy atom. The van der Waals surface area contributed by atoms with Crippen LogP contribution >= 0.6 is 0 Å². The molecule has 0 saturated carbocycles. The molecule has 0 aromatic rings. The summed E-state index contributed by atoms with van der Waals surface area (Å²) in [5, 5.41) is 8.46. The molecule has 0 aromatic heterocycles. The van der Waals surface area contributed by atoms with Crippen LogP contribution in [0.15, 0.2) is 0 Å². The van der Waals surface area contributed by atoms with Gasteiger partial charge in [-0.1, -0.05) is 6.92 Å². The van der Waals surface area contributed by atoms with Crippen molar-refractivity contribution in [3.63, 3.8) is 0 Å². The third-order valence-corrected chi connectivity index (χ3v) is 1.64. The van der Waals surface area contributed by atoms with Crippen molar-refractivity contribution in [1.29, 1.82) is 0 Å². The molecule has 1 rings (SSSR count). The molecule has 1 saturated heterocycles. The normalized spacial score (nSPS) is 32.5. The zero-order valence-corrected chi connectivity index (χ0v) is 5.83. The lowest BCUT2D eigenvalue weighted by Crippen LogP contribution is -2.20. The van der Waals surface area contributed by atoms with E-state index in [1.54, 1.807) is 0 Å². The van der Waals surface area contributed by atoms with Crippen LogP contribution in [-0.2, 0) is 9.63 Å². The van der Waals surface area contributed by atoms with Crippen molar-refractivity contribution in [2.75, 3.05) is 0 Å². The Morgan fingerprint density at radius 3 is 2.90 bits per heavy atom. The monoisotopic (exact) mass is 145 g/mol. The second-order valence-corrected chi connectivity index (χ2v) is 2.40. The molecular weight excluding hydrogens is 134 g/mol. The highest BCUT2D eigenvalue weighted by atomic mass is 16.7. The van der Waals surface area contributed by atoms with E-state index >= 15 is 0 Å². The molecule has 0 bridgehead atoms. The second-order valence-electron chi connectivity index (χ2n) is 2.40. The summed E-state index contributed by atoms with van der Waals surface area (Å²) in [5.41, 5.74) is 2.66. The molecule has 0 radical (unpaired) electrons. The van der Waals surface area contributed by atoms with Gasteiger partial charge in [0.2, 0.25) is 0 Å². The van der Waals surface area contributed by atoms with E-state index in [0.29, 0.717) is 6.42 Å². The Balaban J connectivity index is 2.35. The van der Waals surface area contributed by atoms with E-state index in [9.17, 15) is 4.79 Å². The van der Waals surface area contributed by atoms with Crippen molar-refractivity contribution in [2.24, 2.45) is 0 Å². The van der Waals surface area contributed by atoms with Gasteiger partial charge in [-0.05, 0) is 6.42 Å². The van der Waals surface area contributed by atoms with Gasteiger partial charge in [0.05, 0.1) is 0 Å². The van der Waals surface area contributed by atoms with Crippen LogP contribution in [0, 0.1) is 0 Å². The number of rotatable bonds is 2. The smallest absolute Gasteiger partial charge is 0.335 e. The maximum Gasteiger partial charge on any atom is 0.335 e. The highest BCUT2D eigenvalue weighted by Gasteiger charge is 2.29. The molecular formula is C6H11NO3. The minimum atomic E-state index is -0.886. The standard InChI is InChI=1S/C6H11NO3/c1-2-4-3-5(6(8)9)10-7-4/h4-5,7H,2-3H2,1H3,(H,8,9)/t4-,5+/m1/s1. The van der Waals surface area contributed by atoms with Crippen LogP contribution in [0.5, 0.6) is 0 Å². The van der Waals surface area contributed by atoms with Gasteiger partial charge in [0.1, 0.15) is 0 Å². The number of hydrogen-bond donors (Lipinski definition) is 2. The first-order valence-electron chi connectivity index (χ1n) is 3.38. The molecule has 4 nitrogen and oxygen atoms in total. The van der Waals surface area contributed by atoms with Crippen LogP contribution in [0.4, 0.5) is 0 Å². The van der Waals surface area contributed by atoms with Gasteiger partial charge in [0.15, 0.2) is 6.10 Å². The van der Waals surface area contributed by atoms with Gasteiger partial charge in [0.25, 0.3) is 0 Å². The predicted molar refractivity (Wildman–Crippen MR) is 34.3 cm³/mol. The molecule has 2 N–H and O–H groups in total. The van der Waals surface area contributed by atoms with Gasteiger partial charge in [-0.3, -0.25) is 4.84 Å². The molecule has 1 aliphatic rings. The first kappa shape index (κ1) is 7.50. The molecule has 58 valence electrons. The van der Waals surface area contributed by atoms with E-state index in [1.165, 1.54) is 0 Å². The van der Waals surface area contributed by atoms with E-state index in [2.05, 4.69) is 5.48 Å². The fraction of sp³-hybridized carbons (Fsp3) is 0.833. The number of hydrogen-bond acceptors (Lipinski definition) is 3. The molecule has 0 unspecified atom stereocenters. The van der Waals surface area contributed by atoms with Crippen LogP contribution in [0.3, 0.4) is 0 Å². The molecule has 1 aliphatic heterocycles. The van der Waals surface area contributed by atoms with Crippen molar-refractivity contribution in [1.82, 2.24) is 5.48 Å². The minimum absolute atomic E-state index is 0.209. The van der Waals surface area contributed by atoms with Crippen molar-refractivity contribution in [2.45, 2.75) is 31.9 Å². The summed E-state index contributed by atoms with van der Waals surface area (Å²) in [6.45, 7) is 1.99. The van der Waals surface area contributed by atoms with Crippen LogP contribution in [-0.4, -0.2) is 23.2 Å². The first-order chi connectivity index (χ1) is 4.74. The van der Waals surface area contributed by atoms with E-state index in [1.807, 2.05) is 6.92 Å². The van der Waals surface area contributed by atoms with Gasteiger partial charge < -0.3 is 5.11 Å². The van der Waals surface area contributed by atoms with Crippen molar-refractivity contribution in [3.05, 3.63) is 0 Å². The quantitative estimate of drug-likeness (QED) is 0.580. The third kappa shape index (κ3) is 1.46. The topological polar surface area (TPSA) is 58.6 Å². The Hall–Kier alpha value is -0.610. The summed E-state index contributed by atoms with van der Waals surface area (Å²) in [6, 6.07) is 0.209. The molecule has 1 heterocycles. The third-order valence-electron chi connectivity index (χ3n) is 1.64. The number of carboxylic acids is 1. The lowest BCUT2D eigenvalue weighted by molar-refractivity contribution is -0.150. The predicted octanol–water partition coefficient (Wildman–Crippen LogP) is 0.143. The van der Waals surface area contributed by atoms with Crippen LogP contribution in [0.2, 0.25) is 0 Å². The number of nitrogens with one attached hydrogen (secondary N) is 1. The Morgan fingerprint density at radius 1 is 1.90 bits per heavy atom. The lowest BCUT2D eigenvalue weighted by atomic mass is 10.1. The van der Waals surface area contributed by atoms with Gasteiger partial charge in [-0.25, -0.2) is 4.79 Å². The SMILES string of the molecule is CC[C@@H]1C[C@@H](C(=O)O)ON1. The van der Waals surface area contributed by atoms with Gasteiger partial charge >= 0.3 is 5.97 Å². The van der Waals surface area contributed by atoms with Crippen LogP contribution in [0.1, 0.15) is 19.8 Å². The van der Waals surface area contributed by atoms with Crippen molar-refractivity contribution >= 4 is 5.97 Å². The Kier molecular flexibility index (Phi) is 2.24. The molecule has 1 fully saturated rings.